The standard InChI is InChI=1S/C17H14N4O2S2/c1-10(25-16-15-12(6-7-24-15)18-9-19-16)17(23)21-8-14(22)20-11-4-2-3-5-13(11)21/h2-7,9-10H,8H2,1H3,(H,20,22)/t10-/m1/s1. The molecular formula is C17H14N4O2S2. The Hall–Kier alpha value is -2.45. The summed E-state index contributed by atoms with van der Waals surface area (Å²) in [5.74, 6) is -0.303. The zero-order valence-corrected chi connectivity index (χ0v) is 14.9. The molecule has 0 saturated heterocycles. The van der Waals surface area contributed by atoms with Crippen LogP contribution in [0.15, 0.2) is 47.1 Å². The molecule has 1 N–H and O–H groups in total. The van der Waals surface area contributed by atoms with Gasteiger partial charge in [-0.1, -0.05) is 23.9 Å². The molecule has 0 radical (unpaired) electrons. The number of rotatable bonds is 3. The molecule has 4 rings (SSSR count). The normalized spacial score (nSPS) is 14.9. The molecule has 3 aromatic rings. The van der Waals surface area contributed by atoms with Crippen LogP contribution in [-0.4, -0.2) is 33.6 Å². The molecule has 126 valence electrons. The average molecular weight is 370 g/mol. The number of thiophene rings is 1. The molecular weight excluding hydrogens is 356 g/mol. The van der Waals surface area contributed by atoms with Crippen LogP contribution in [0.2, 0.25) is 0 Å². The molecule has 1 aliphatic heterocycles. The Morgan fingerprint density at radius 3 is 3.04 bits per heavy atom. The van der Waals surface area contributed by atoms with E-state index in [1.807, 2.05) is 36.6 Å². The summed E-state index contributed by atoms with van der Waals surface area (Å²) >= 11 is 2.95. The van der Waals surface area contributed by atoms with Crippen LogP contribution in [0.3, 0.4) is 0 Å². The summed E-state index contributed by atoms with van der Waals surface area (Å²) in [5.41, 5.74) is 2.26. The number of carbonyl (C=O) groups excluding carboxylic acids is 2. The summed E-state index contributed by atoms with van der Waals surface area (Å²) in [5, 5.41) is 5.17. The minimum Gasteiger partial charge on any atom is -0.323 e. The lowest BCUT2D eigenvalue weighted by Crippen LogP contribution is -2.45. The van der Waals surface area contributed by atoms with E-state index in [2.05, 4.69) is 15.3 Å². The van der Waals surface area contributed by atoms with Crippen LogP contribution in [-0.2, 0) is 9.59 Å². The Labute approximate surface area is 152 Å². The number of nitrogens with one attached hydrogen (secondary N) is 1. The van der Waals surface area contributed by atoms with E-state index in [9.17, 15) is 9.59 Å². The maximum atomic E-state index is 13.0. The summed E-state index contributed by atoms with van der Waals surface area (Å²) in [4.78, 5) is 35.0. The maximum absolute atomic E-state index is 13.0. The number of thioether (sulfide) groups is 1. The van der Waals surface area contributed by atoms with Gasteiger partial charge >= 0.3 is 0 Å². The van der Waals surface area contributed by atoms with Crippen molar-refractivity contribution in [3.8, 4) is 0 Å². The van der Waals surface area contributed by atoms with E-state index < -0.39 is 0 Å². The highest BCUT2D eigenvalue weighted by atomic mass is 32.2. The van der Waals surface area contributed by atoms with Crippen LogP contribution in [0.4, 0.5) is 11.4 Å². The Morgan fingerprint density at radius 2 is 2.16 bits per heavy atom. The van der Waals surface area contributed by atoms with Crippen LogP contribution in [0.1, 0.15) is 6.92 Å². The van der Waals surface area contributed by atoms with Gasteiger partial charge in [0.05, 0.1) is 26.8 Å². The lowest BCUT2D eigenvalue weighted by molar-refractivity contribution is -0.121. The van der Waals surface area contributed by atoms with E-state index in [1.54, 1.807) is 22.3 Å². The topological polar surface area (TPSA) is 75.2 Å². The summed E-state index contributed by atoms with van der Waals surface area (Å²) in [7, 11) is 0. The molecule has 25 heavy (non-hydrogen) atoms. The molecule has 1 aromatic carbocycles. The minimum atomic E-state index is -0.376. The fourth-order valence-corrected chi connectivity index (χ4v) is 4.62. The molecule has 6 nitrogen and oxygen atoms in total. The minimum absolute atomic E-state index is 0.0267. The van der Waals surface area contributed by atoms with Gasteiger partial charge in [-0.2, -0.15) is 0 Å². The van der Waals surface area contributed by atoms with Crippen molar-refractivity contribution in [3.63, 3.8) is 0 Å². The second kappa shape index (κ2) is 6.45. The Kier molecular flexibility index (Phi) is 4.14. The Morgan fingerprint density at radius 1 is 1.32 bits per heavy atom. The molecule has 2 aromatic heterocycles. The van der Waals surface area contributed by atoms with Gasteiger partial charge in [0.25, 0.3) is 0 Å². The van der Waals surface area contributed by atoms with Gasteiger partial charge in [-0.25, -0.2) is 9.97 Å². The van der Waals surface area contributed by atoms with E-state index in [0.717, 1.165) is 20.9 Å². The van der Waals surface area contributed by atoms with Crippen molar-refractivity contribution in [2.75, 3.05) is 16.8 Å². The molecule has 1 atom stereocenters. The Bertz CT molecular complexity index is 972. The van der Waals surface area contributed by atoms with Gasteiger partial charge in [-0.05, 0) is 30.5 Å². The first-order valence-corrected chi connectivity index (χ1v) is 9.44. The largest absolute Gasteiger partial charge is 0.323 e. The van der Waals surface area contributed by atoms with E-state index in [1.165, 1.54) is 18.1 Å². The van der Waals surface area contributed by atoms with Crippen LogP contribution in [0, 0.1) is 0 Å². The summed E-state index contributed by atoms with van der Waals surface area (Å²) in [6, 6.07) is 9.26. The smallest absolute Gasteiger partial charge is 0.244 e. The van der Waals surface area contributed by atoms with Gasteiger partial charge in [0, 0.05) is 0 Å². The molecule has 0 fully saturated rings. The second-order valence-corrected chi connectivity index (χ2v) is 7.81. The number of amides is 2. The summed E-state index contributed by atoms with van der Waals surface area (Å²) in [6.07, 6.45) is 1.51. The van der Waals surface area contributed by atoms with Gasteiger partial charge in [-0.3, -0.25) is 14.5 Å². The number of hydrogen-bond acceptors (Lipinski definition) is 6. The van der Waals surface area contributed by atoms with Crippen LogP contribution in [0.25, 0.3) is 10.2 Å². The first-order chi connectivity index (χ1) is 12.1. The van der Waals surface area contributed by atoms with E-state index in [0.29, 0.717) is 5.69 Å². The fourth-order valence-electron chi connectivity index (χ4n) is 2.72. The number of aromatic nitrogens is 2. The lowest BCUT2D eigenvalue weighted by atomic mass is 10.2. The number of nitrogens with zero attached hydrogens (tertiary/aromatic N) is 3. The quantitative estimate of drug-likeness (QED) is 0.566. The number of para-hydroxylation sites is 2. The third-order valence-electron chi connectivity index (χ3n) is 3.88. The van der Waals surface area contributed by atoms with E-state index in [-0.39, 0.29) is 23.6 Å². The van der Waals surface area contributed by atoms with Crippen LogP contribution in [0.5, 0.6) is 0 Å². The van der Waals surface area contributed by atoms with E-state index in [4.69, 9.17) is 0 Å². The highest BCUT2D eigenvalue weighted by Gasteiger charge is 2.30. The third-order valence-corrected chi connectivity index (χ3v) is 6.01. The summed E-state index contributed by atoms with van der Waals surface area (Å²) in [6.45, 7) is 1.86. The fraction of sp³-hybridized carbons (Fsp3) is 0.176. The highest BCUT2D eigenvalue weighted by Crippen LogP contribution is 2.34. The highest BCUT2D eigenvalue weighted by molar-refractivity contribution is 8.00. The van der Waals surface area contributed by atoms with Crippen molar-refractivity contribution in [3.05, 3.63) is 42.0 Å². The van der Waals surface area contributed by atoms with Crippen molar-refractivity contribution in [2.45, 2.75) is 17.2 Å². The second-order valence-electron chi connectivity index (χ2n) is 5.56. The van der Waals surface area contributed by atoms with Gasteiger partial charge in [-0.15, -0.1) is 11.3 Å². The molecule has 8 heteroatoms. The SMILES string of the molecule is C[C@@H](Sc1ncnc2ccsc12)C(=O)N1CC(=O)Nc2ccccc21. The molecule has 0 aliphatic carbocycles. The van der Waals surface area contributed by atoms with Crippen molar-refractivity contribution in [2.24, 2.45) is 0 Å². The molecule has 0 spiro atoms. The average Bonchev–Trinajstić information content (AvgIpc) is 3.10. The van der Waals surface area contributed by atoms with Gasteiger partial charge in [0.15, 0.2) is 0 Å². The van der Waals surface area contributed by atoms with Gasteiger partial charge in [0.1, 0.15) is 17.9 Å². The maximum Gasteiger partial charge on any atom is 0.244 e. The van der Waals surface area contributed by atoms with Crippen molar-refractivity contribution in [1.82, 2.24) is 9.97 Å². The lowest BCUT2D eigenvalue weighted by Gasteiger charge is -2.30. The van der Waals surface area contributed by atoms with Crippen LogP contribution >= 0.6 is 23.1 Å². The summed E-state index contributed by atoms with van der Waals surface area (Å²) < 4.78 is 0.976. The number of hydrogen-bond donors (Lipinski definition) is 1. The molecule has 0 unspecified atom stereocenters. The molecule has 1 aliphatic rings. The number of anilines is 2. The number of fused-ring (bicyclic) bond motifs is 2. The predicted molar refractivity (Wildman–Crippen MR) is 100 cm³/mol. The van der Waals surface area contributed by atoms with Gasteiger partial charge < -0.3 is 5.32 Å². The number of carbonyl (C=O) groups is 2. The van der Waals surface area contributed by atoms with Crippen LogP contribution < -0.4 is 10.2 Å². The molecule has 3 heterocycles. The van der Waals surface area contributed by atoms with Crippen molar-refractivity contribution >= 4 is 56.5 Å². The first kappa shape index (κ1) is 16.0. The molecule has 0 bridgehead atoms. The third kappa shape index (κ3) is 2.98. The molecule has 2 amide bonds. The van der Waals surface area contributed by atoms with Gasteiger partial charge in [0.2, 0.25) is 11.8 Å². The predicted octanol–water partition coefficient (Wildman–Crippen LogP) is 3.16. The zero-order valence-electron chi connectivity index (χ0n) is 13.3. The van der Waals surface area contributed by atoms with Crippen molar-refractivity contribution < 1.29 is 9.59 Å². The van der Waals surface area contributed by atoms with Crippen molar-refractivity contribution in [1.29, 1.82) is 0 Å². The van der Waals surface area contributed by atoms with E-state index >= 15 is 0 Å². The number of benzene rings is 1. The zero-order chi connectivity index (χ0) is 17.4. The molecule has 0 saturated carbocycles. The Balaban J connectivity index is 1.61. The first-order valence-electron chi connectivity index (χ1n) is 7.68. The monoisotopic (exact) mass is 370 g/mol.